The molecule has 0 saturated carbocycles. The van der Waals surface area contributed by atoms with Gasteiger partial charge in [0.15, 0.2) is 6.33 Å². The third-order valence-corrected chi connectivity index (χ3v) is 2.95. The minimum Gasteiger partial charge on any atom is -0.340 e. The Morgan fingerprint density at radius 1 is 1.22 bits per heavy atom. The van der Waals surface area contributed by atoms with E-state index in [0.717, 1.165) is 25.8 Å². The van der Waals surface area contributed by atoms with Crippen LogP contribution in [-0.2, 0) is 12.8 Å². The number of hydrogen-bond acceptors (Lipinski definition) is 4. The molecule has 1 N–H and O–H groups in total. The van der Waals surface area contributed by atoms with Crippen LogP contribution in [0.15, 0.2) is 41.2 Å². The van der Waals surface area contributed by atoms with E-state index in [2.05, 4.69) is 52.7 Å². The highest BCUT2D eigenvalue weighted by Crippen LogP contribution is 2.04. The van der Waals surface area contributed by atoms with Gasteiger partial charge in [-0.15, -0.1) is 0 Å². The molecule has 0 spiro atoms. The highest BCUT2D eigenvalue weighted by molar-refractivity contribution is 5.14. The van der Waals surface area contributed by atoms with Crippen molar-refractivity contribution in [3.8, 4) is 0 Å². The zero-order valence-corrected chi connectivity index (χ0v) is 10.7. The smallest absolute Gasteiger partial charge is 0.227 e. The Morgan fingerprint density at radius 3 is 2.78 bits per heavy atom. The van der Waals surface area contributed by atoms with Gasteiger partial charge in [-0.2, -0.15) is 4.98 Å². The molecule has 1 aromatic carbocycles. The van der Waals surface area contributed by atoms with Crippen LogP contribution in [0.2, 0.25) is 0 Å². The van der Waals surface area contributed by atoms with E-state index in [-0.39, 0.29) is 0 Å². The number of aryl methyl sites for hydroxylation is 1. The van der Waals surface area contributed by atoms with Gasteiger partial charge in [-0.25, -0.2) is 0 Å². The fraction of sp³-hybridized carbons (Fsp3) is 0.429. The van der Waals surface area contributed by atoms with Crippen molar-refractivity contribution < 1.29 is 4.52 Å². The Kier molecular flexibility index (Phi) is 4.90. The Balaban J connectivity index is 1.62. The number of rotatable bonds is 7. The van der Waals surface area contributed by atoms with Gasteiger partial charge in [-0.05, 0) is 25.3 Å². The molecule has 1 atom stereocenters. The maximum absolute atomic E-state index is 4.94. The summed E-state index contributed by atoms with van der Waals surface area (Å²) in [6, 6.07) is 11.1. The molecule has 4 heteroatoms. The summed E-state index contributed by atoms with van der Waals surface area (Å²) >= 11 is 0. The van der Waals surface area contributed by atoms with Crippen LogP contribution in [0.25, 0.3) is 0 Å². The molecule has 1 unspecified atom stereocenters. The first-order valence-corrected chi connectivity index (χ1v) is 6.37. The third kappa shape index (κ3) is 4.30. The number of hydrogen-bond donors (Lipinski definition) is 1. The molecular weight excluding hydrogens is 226 g/mol. The first-order chi connectivity index (χ1) is 8.84. The van der Waals surface area contributed by atoms with E-state index in [1.54, 1.807) is 0 Å². The van der Waals surface area contributed by atoms with Crippen molar-refractivity contribution in [1.82, 2.24) is 15.5 Å². The van der Waals surface area contributed by atoms with E-state index in [9.17, 15) is 0 Å². The van der Waals surface area contributed by atoms with Gasteiger partial charge in [-0.1, -0.05) is 35.5 Å². The second-order valence-corrected chi connectivity index (χ2v) is 4.46. The second kappa shape index (κ2) is 6.91. The van der Waals surface area contributed by atoms with Gasteiger partial charge >= 0.3 is 0 Å². The molecule has 1 heterocycles. The zero-order valence-electron chi connectivity index (χ0n) is 10.7. The molecule has 0 aliphatic rings. The monoisotopic (exact) mass is 245 g/mol. The molecule has 0 amide bonds. The summed E-state index contributed by atoms with van der Waals surface area (Å²) in [7, 11) is 0. The highest BCUT2D eigenvalue weighted by atomic mass is 16.5. The van der Waals surface area contributed by atoms with E-state index in [4.69, 9.17) is 4.52 Å². The minimum absolute atomic E-state index is 0.494. The SMILES string of the molecule is CC(CCc1ccccc1)NCCc1ncno1. The summed E-state index contributed by atoms with van der Waals surface area (Å²) in [5.41, 5.74) is 1.39. The fourth-order valence-electron chi connectivity index (χ4n) is 1.86. The standard InChI is InChI=1S/C14H19N3O/c1-12(7-8-13-5-3-2-4-6-13)15-10-9-14-16-11-17-18-14/h2-6,11-12,15H,7-10H2,1H3. The Bertz CT molecular complexity index is 428. The molecule has 0 saturated heterocycles. The average Bonchev–Trinajstić information content (AvgIpc) is 2.91. The van der Waals surface area contributed by atoms with E-state index in [1.165, 1.54) is 11.9 Å². The van der Waals surface area contributed by atoms with Gasteiger partial charge in [-0.3, -0.25) is 0 Å². The lowest BCUT2D eigenvalue weighted by Gasteiger charge is -2.12. The molecule has 0 aliphatic heterocycles. The molecule has 2 rings (SSSR count). The lowest BCUT2D eigenvalue weighted by molar-refractivity contribution is 0.371. The van der Waals surface area contributed by atoms with Crippen molar-refractivity contribution >= 4 is 0 Å². The van der Waals surface area contributed by atoms with Gasteiger partial charge < -0.3 is 9.84 Å². The Morgan fingerprint density at radius 2 is 2.06 bits per heavy atom. The maximum atomic E-state index is 4.94. The van der Waals surface area contributed by atoms with Crippen LogP contribution in [0.1, 0.15) is 24.8 Å². The predicted molar refractivity (Wildman–Crippen MR) is 70.2 cm³/mol. The van der Waals surface area contributed by atoms with Gasteiger partial charge in [0, 0.05) is 19.0 Å². The van der Waals surface area contributed by atoms with Crippen LogP contribution in [0.5, 0.6) is 0 Å². The van der Waals surface area contributed by atoms with Crippen LogP contribution in [0.3, 0.4) is 0 Å². The third-order valence-electron chi connectivity index (χ3n) is 2.95. The van der Waals surface area contributed by atoms with Crippen LogP contribution in [-0.4, -0.2) is 22.7 Å². The molecular formula is C14H19N3O. The van der Waals surface area contributed by atoms with Crippen molar-refractivity contribution in [2.45, 2.75) is 32.2 Å². The molecule has 1 aromatic heterocycles. The van der Waals surface area contributed by atoms with Crippen molar-refractivity contribution in [1.29, 1.82) is 0 Å². The molecule has 2 aromatic rings. The van der Waals surface area contributed by atoms with E-state index in [0.29, 0.717) is 11.9 Å². The summed E-state index contributed by atoms with van der Waals surface area (Å²) in [6.07, 6.45) is 4.47. The topological polar surface area (TPSA) is 51.0 Å². The van der Waals surface area contributed by atoms with Crippen LogP contribution >= 0.6 is 0 Å². The van der Waals surface area contributed by atoms with Crippen LogP contribution in [0.4, 0.5) is 0 Å². The molecule has 18 heavy (non-hydrogen) atoms. The van der Waals surface area contributed by atoms with Gasteiger partial charge in [0.1, 0.15) is 0 Å². The Hall–Kier alpha value is -1.68. The summed E-state index contributed by atoms with van der Waals surface area (Å²) in [5, 5.41) is 7.05. The summed E-state index contributed by atoms with van der Waals surface area (Å²) in [5.74, 6) is 0.692. The lowest BCUT2D eigenvalue weighted by Crippen LogP contribution is -2.28. The molecule has 0 bridgehead atoms. The highest BCUT2D eigenvalue weighted by Gasteiger charge is 2.03. The molecule has 96 valence electrons. The van der Waals surface area contributed by atoms with Gasteiger partial charge in [0.05, 0.1) is 0 Å². The van der Waals surface area contributed by atoms with Gasteiger partial charge in [0.25, 0.3) is 0 Å². The lowest BCUT2D eigenvalue weighted by atomic mass is 10.1. The Labute approximate surface area is 107 Å². The van der Waals surface area contributed by atoms with Crippen LogP contribution < -0.4 is 5.32 Å². The van der Waals surface area contributed by atoms with Gasteiger partial charge in [0.2, 0.25) is 5.89 Å². The first-order valence-electron chi connectivity index (χ1n) is 6.37. The largest absolute Gasteiger partial charge is 0.340 e. The van der Waals surface area contributed by atoms with E-state index >= 15 is 0 Å². The number of aromatic nitrogens is 2. The first kappa shape index (κ1) is 12.8. The number of nitrogens with one attached hydrogen (secondary N) is 1. The van der Waals surface area contributed by atoms with Crippen molar-refractivity contribution in [3.63, 3.8) is 0 Å². The van der Waals surface area contributed by atoms with Crippen molar-refractivity contribution in [2.24, 2.45) is 0 Å². The van der Waals surface area contributed by atoms with E-state index < -0.39 is 0 Å². The van der Waals surface area contributed by atoms with Crippen molar-refractivity contribution in [3.05, 3.63) is 48.1 Å². The summed E-state index contributed by atoms with van der Waals surface area (Å²) in [4.78, 5) is 3.99. The maximum Gasteiger partial charge on any atom is 0.227 e. The van der Waals surface area contributed by atoms with Crippen molar-refractivity contribution in [2.75, 3.05) is 6.54 Å². The van der Waals surface area contributed by atoms with Crippen LogP contribution in [0, 0.1) is 0 Å². The molecule has 4 nitrogen and oxygen atoms in total. The summed E-state index contributed by atoms with van der Waals surface area (Å²) < 4.78 is 4.94. The van der Waals surface area contributed by atoms with E-state index in [1.807, 2.05) is 0 Å². The predicted octanol–water partition coefficient (Wildman–Crippen LogP) is 2.22. The minimum atomic E-state index is 0.494. The summed E-state index contributed by atoms with van der Waals surface area (Å²) in [6.45, 7) is 3.08. The number of nitrogens with zero attached hydrogens (tertiary/aromatic N) is 2. The quantitative estimate of drug-likeness (QED) is 0.812. The zero-order chi connectivity index (χ0) is 12.6. The normalized spacial score (nSPS) is 12.5. The molecule has 0 aliphatic carbocycles. The average molecular weight is 245 g/mol. The molecule has 0 fully saturated rings. The molecule has 0 radical (unpaired) electrons. The number of benzene rings is 1. The fourth-order valence-corrected chi connectivity index (χ4v) is 1.86. The second-order valence-electron chi connectivity index (χ2n) is 4.46.